The maximum Gasteiger partial charge on any atom is 0.161 e. The molecule has 0 atom stereocenters. The third-order valence-electron chi connectivity index (χ3n) is 2.44. The number of para-hydroxylation sites is 1. The van der Waals surface area contributed by atoms with Crippen LogP contribution in [0.25, 0.3) is 0 Å². The van der Waals surface area contributed by atoms with Gasteiger partial charge in [-0.2, -0.15) is 0 Å². The summed E-state index contributed by atoms with van der Waals surface area (Å²) in [6, 6.07) is 8.11. The fraction of sp³-hybridized carbons (Fsp3) is 0.417. The van der Waals surface area contributed by atoms with Gasteiger partial charge in [-0.15, -0.1) is 0 Å². The van der Waals surface area contributed by atoms with E-state index in [-0.39, 0.29) is 5.78 Å². The highest BCUT2D eigenvalue weighted by atomic mass is 16.1. The molecule has 0 aliphatic heterocycles. The van der Waals surface area contributed by atoms with Crippen molar-refractivity contribution in [3.63, 3.8) is 0 Å². The average molecular weight is 191 g/mol. The van der Waals surface area contributed by atoms with Crippen molar-refractivity contribution in [3.8, 4) is 0 Å². The van der Waals surface area contributed by atoms with Crippen LogP contribution in [0.5, 0.6) is 0 Å². The summed E-state index contributed by atoms with van der Waals surface area (Å²) in [4.78, 5) is 13.5. The fourth-order valence-electron chi connectivity index (χ4n) is 1.36. The lowest BCUT2D eigenvalue weighted by molar-refractivity contribution is 0.101. The van der Waals surface area contributed by atoms with E-state index in [0.29, 0.717) is 6.04 Å². The first kappa shape index (κ1) is 10.8. The van der Waals surface area contributed by atoms with Gasteiger partial charge in [-0.3, -0.25) is 4.79 Å². The number of Topliss-reactive ketones (excluding diaryl/α,β-unsaturated/α-hetero) is 1. The number of rotatable bonds is 3. The largest absolute Gasteiger partial charge is 0.372 e. The van der Waals surface area contributed by atoms with Gasteiger partial charge in [0.1, 0.15) is 0 Å². The molecule has 0 saturated heterocycles. The van der Waals surface area contributed by atoms with Crippen LogP contribution in [-0.2, 0) is 0 Å². The molecule has 1 rings (SSSR count). The van der Waals surface area contributed by atoms with E-state index in [4.69, 9.17) is 0 Å². The molecule has 0 fully saturated rings. The molecule has 1 aromatic rings. The topological polar surface area (TPSA) is 20.3 Å². The first-order valence-corrected chi connectivity index (χ1v) is 4.87. The Bertz CT molecular complexity index is 331. The highest BCUT2D eigenvalue weighted by Gasteiger charge is 2.11. The molecule has 0 aliphatic rings. The van der Waals surface area contributed by atoms with Gasteiger partial charge in [0.05, 0.1) is 0 Å². The molecule has 0 aliphatic carbocycles. The Morgan fingerprint density at radius 1 is 1.29 bits per heavy atom. The number of anilines is 1. The molecule has 14 heavy (non-hydrogen) atoms. The molecule has 0 aromatic heterocycles. The minimum atomic E-state index is 0.119. The molecule has 0 spiro atoms. The second kappa shape index (κ2) is 4.27. The van der Waals surface area contributed by atoms with Gasteiger partial charge in [0, 0.05) is 24.3 Å². The molecule has 0 amide bonds. The normalized spacial score (nSPS) is 10.4. The van der Waals surface area contributed by atoms with Gasteiger partial charge >= 0.3 is 0 Å². The van der Waals surface area contributed by atoms with Crippen LogP contribution < -0.4 is 4.90 Å². The Morgan fingerprint density at radius 2 is 1.86 bits per heavy atom. The van der Waals surface area contributed by atoms with Gasteiger partial charge in [0.2, 0.25) is 0 Å². The number of hydrogen-bond donors (Lipinski definition) is 0. The van der Waals surface area contributed by atoms with Crippen LogP contribution in [-0.4, -0.2) is 18.9 Å². The zero-order chi connectivity index (χ0) is 10.7. The zero-order valence-electron chi connectivity index (χ0n) is 9.24. The van der Waals surface area contributed by atoms with E-state index in [9.17, 15) is 4.79 Å². The summed E-state index contributed by atoms with van der Waals surface area (Å²) in [7, 11) is 2.01. The monoisotopic (exact) mass is 191 g/mol. The number of ketones is 1. The highest BCUT2D eigenvalue weighted by Crippen LogP contribution is 2.21. The summed E-state index contributed by atoms with van der Waals surface area (Å²) in [5, 5.41) is 0. The molecule has 2 heteroatoms. The van der Waals surface area contributed by atoms with Crippen molar-refractivity contribution in [1.29, 1.82) is 0 Å². The summed E-state index contributed by atoms with van der Waals surface area (Å²) in [5.74, 6) is 0.119. The molecule has 0 N–H and O–H groups in total. The minimum absolute atomic E-state index is 0.119. The Hall–Kier alpha value is -1.31. The maximum absolute atomic E-state index is 11.4. The van der Waals surface area contributed by atoms with Crippen LogP contribution in [0.4, 0.5) is 5.69 Å². The molecular weight excluding hydrogens is 174 g/mol. The molecule has 0 unspecified atom stereocenters. The van der Waals surface area contributed by atoms with Crippen LogP contribution in [0, 0.1) is 0 Å². The summed E-state index contributed by atoms with van der Waals surface area (Å²) in [6.07, 6.45) is 0. The van der Waals surface area contributed by atoms with Crippen molar-refractivity contribution < 1.29 is 4.79 Å². The van der Waals surface area contributed by atoms with E-state index in [1.807, 2.05) is 31.3 Å². The van der Waals surface area contributed by atoms with Gasteiger partial charge in [0.25, 0.3) is 0 Å². The Labute approximate surface area is 85.5 Å². The van der Waals surface area contributed by atoms with Gasteiger partial charge in [0.15, 0.2) is 5.78 Å². The van der Waals surface area contributed by atoms with Crippen LogP contribution in [0.1, 0.15) is 31.1 Å². The highest BCUT2D eigenvalue weighted by molar-refractivity contribution is 5.99. The predicted octanol–water partition coefficient (Wildman–Crippen LogP) is 2.73. The van der Waals surface area contributed by atoms with Crippen molar-refractivity contribution in [2.45, 2.75) is 26.8 Å². The summed E-state index contributed by atoms with van der Waals surface area (Å²) in [6.45, 7) is 5.82. The zero-order valence-corrected chi connectivity index (χ0v) is 9.24. The second-order valence-electron chi connectivity index (χ2n) is 3.78. The van der Waals surface area contributed by atoms with E-state index < -0.39 is 0 Å². The molecule has 0 saturated carbocycles. The predicted molar refractivity (Wildman–Crippen MR) is 60.0 cm³/mol. The van der Waals surface area contributed by atoms with Gasteiger partial charge in [-0.1, -0.05) is 12.1 Å². The maximum atomic E-state index is 11.4. The number of carbonyl (C=O) groups excluding carboxylic acids is 1. The summed E-state index contributed by atoms with van der Waals surface area (Å²) >= 11 is 0. The molecule has 0 bridgehead atoms. The lowest BCUT2D eigenvalue weighted by atomic mass is 10.1. The van der Waals surface area contributed by atoms with E-state index in [2.05, 4.69) is 18.7 Å². The van der Waals surface area contributed by atoms with Gasteiger partial charge < -0.3 is 4.90 Å². The van der Waals surface area contributed by atoms with Crippen LogP contribution in [0.15, 0.2) is 24.3 Å². The minimum Gasteiger partial charge on any atom is -0.372 e. The van der Waals surface area contributed by atoms with Crippen LogP contribution >= 0.6 is 0 Å². The lowest BCUT2D eigenvalue weighted by Crippen LogP contribution is -2.27. The quantitative estimate of drug-likeness (QED) is 0.685. The number of carbonyl (C=O) groups is 1. The molecule has 2 nitrogen and oxygen atoms in total. The van der Waals surface area contributed by atoms with Crippen molar-refractivity contribution in [3.05, 3.63) is 29.8 Å². The van der Waals surface area contributed by atoms with Crippen molar-refractivity contribution >= 4 is 11.5 Å². The molecular formula is C12H17NO. The average Bonchev–Trinajstić information content (AvgIpc) is 2.16. The summed E-state index contributed by atoms with van der Waals surface area (Å²) in [5.41, 5.74) is 1.80. The van der Waals surface area contributed by atoms with Crippen LogP contribution in [0.2, 0.25) is 0 Å². The third kappa shape index (κ3) is 2.13. The number of benzene rings is 1. The van der Waals surface area contributed by atoms with Crippen molar-refractivity contribution in [1.82, 2.24) is 0 Å². The Kier molecular flexibility index (Phi) is 3.28. The van der Waals surface area contributed by atoms with Crippen molar-refractivity contribution in [2.75, 3.05) is 11.9 Å². The fourth-order valence-corrected chi connectivity index (χ4v) is 1.36. The third-order valence-corrected chi connectivity index (χ3v) is 2.44. The van der Waals surface area contributed by atoms with Crippen LogP contribution in [0.3, 0.4) is 0 Å². The molecule has 0 radical (unpaired) electrons. The molecule has 0 heterocycles. The summed E-state index contributed by atoms with van der Waals surface area (Å²) < 4.78 is 0. The van der Waals surface area contributed by atoms with Gasteiger partial charge in [-0.05, 0) is 32.9 Å². The molecule has 1 aromatic carbocycles. The first-order chi connectivity index (χ1) is 6.54. The standard InChI is InChI=1S/C12H17NO/c1-9(2)13(4)12-8-6-5-7-11(12)10(3)14/h5-9H,1-4H3. The second-order valence-corrected chi connectivity index (χ2v) is 3.78. The number of nitrogens with zero attached hydrogens (tertiary/aromatic N) is 1. The Balaban J connectivity index is 3.13. The number of hydrogen-bond acceptors (Lipinski definition) is 2. The smallest absolute Gasteiger partial charge is 0.161 e. The van der Waals surface area contributed by atoms with Gasteiger partial charge in [-0.25, -0.2) is 0 Å². The van der Waals surface area contributed by atoms with E-state index in [1.54, 1.807) is 6.92 Å². The first-order valence-electron chi connectivity index (χ1n) is 4.87. The van der Waals surface area contributed by atoms with E-state index in [1.165, 1.54) is 0 Å². The van der Waals surface area contributed by atoms with Crippen molar-refractivity contribution in [2.24, 2.45) is 0 Å². The Morgan fingerprint density at radius 3 is 2.36 bits per heavy atom. The van der Waals surface area contributed by atoms with E-state index >= 15 is 0 Å². The van der Waals surface area contributed by atoms with E-state index in [0.717, 1.165) is 11.3 Å². The lowest BCUT2D eigenvalue weighted by Gasteiger charge is -2.25. The SMILES string of the molecule is CC(=O)c1ccccc1N(C)C(C)C. The molecule has 76 valence electrons.